The molecule has 0 N–H and O–H groups in total. The van der Waals surface area contributed by atoms with E-state index in [0.717, 1.165) is 49.5 Å². The average Bonchev–Trinajstić information content (AvgIpc) is 2.73. The molecule has 0 spiro atoms. The zero-order valence-electron chi connectivity index (χ0n) is 17.2. The maximum Gasteiger partial charge on any atom is 0.160 e. The van der Waals surface area contributed by atoms with Gasteiger partial charge in [-0.25, -0.2) is 4.39 Å². The molecule has 1 heterocycles. The van der Waals surface area contributed by atoms with Gasteiger partial charge in [0.05, 0.1) is 14.2 Å². The second-order valence-corrected chi connectivity index (χ2v) is 7.54. The molecule has 0 bridgehead atoms. The Morgan fingerprint density at radius 2 is 1.89 bits per heavy atom. The van der Waals surface area contributed by atoms with Gasteiger partial charge in [-0.3, -0.25) is 4.90 Å². The molecule has 0 saturated carbocycles. The summed E-state index contributed by atoms with van der Waals surface area (Å²) in [6, 6.07) is 13.7. The standard InChI is InChI=1S/C23H31FN2O2/c1-25(14-12-18-10-11-22(27-2)23(15-18)28-3)20-8-6-13-26(17-20)16-19-7-4-5-9-21(19)24/h4-5,7,9-11,15,20H,6,8,12-14,16-17H2,1-3H3/t20-/m0/s1. The highest BCUT2D eigenvalue weighted by molar-refractivity contribution is 5.42. The molecule has 5 heteroatoms. The minimum atomic E-state index is -0.105. The summed E-state index contributed by atoms with van der Waals surface area (Å²) in [7, 11) is 5.51. The van der Waals surface area contributed by atoms with Crippen LogP contribution < -0.4 is 9.47 Å². The lowest BCUT2D eigenvalue weighted by atomic mass is 10.0. The van der Waals surface area contributed by atoms with Gasteiger partial charge in [0.2, 0.25) is 0 Å². The fraction of sp³-hybridized carbons (Fsp3) is 0.478. The van der Waals surface area contributed by atoms with Crippen LogP contribution in [0.15, 0.2) is 42.5 Å². The van der Waals surface area contributed by atoms with Gasteiger partial charge in [-0.2, -0.15) is 0 Å². The molecule has 2 aromatic carbocycles. The van der Waals surface area contributed by atoms with Gasteiger partial charge in [0, 0.05) is 31.2 Å². The van der Waals surface area contributed by atoms with E-state index in [9.17, 15) is 4.39 Å². The molecule has 0 aliphatic carbocycles. The van der Waals surface area contributed by atoms with Crippen molar-refractivity contribution in [2.24, 2.45) is 0 Å². The molecule has 0 unspecified atom stereocenters. The molecule has 1 fully saturated rings. The molecule has 1 aliphatic heterocycles. The highest BCUT2D eigenvalue weighted by Gasteiger charge is 2.23. The number of piperidine rings is 1. The molecule has 152 valence electrons. The monoisotopic (exact) mass is 386 g/mol. The van der Waals surface area contributed by atoms with Crippen molar-refractivity contribution in [3.05, 3.63) is 59.4 Å². The van der Waals surface area contributed by atoms with Crippen molar-refractivity contribution >= 4 is 0 Å². The Balaban J connectivity index is 1.54. The third-order valence-electron chi connectivity index (χ3n) is 5.66. The van der Waals surface area contributed by atoms with Crippen LogP contribution in [0.5, 0.6) is 11.5 Å². The maximum absolute atomic E-state index is 14.0. The molecule has 1 aliphatic rings. The van der Waals surface area contributed by atoms with Gasteiger partial charge in [-0.1, -0.05) is 24.3 Å². The summed E-state index contributed by atoms with van der Waals surface area (Å²) >= 11 is 0. The Morgan fingerprint density at radius 3 is 2.64 bits per heavy atom. The number of likely N-dealkylation sites (N-methyl/N-ethyl adjacent to an activating group) is 1. The second kappa shape index (κ2) is 9.89. The minimum Gasteiger partial charge on any atom is -0.493 e. The van der Waals surface area contributed by atoms with Crippen molar-refractivity contribution in [3.8, 4) is 11.5 Å². The number of likely N-dealkylation sites (tertiary alicyclic amines) is 1. The third-order valence-corrected chi connectivity index (χ3v) is 5.66. The van der Waals surface area contributed by atoms with Crippen LogP contribution in [0.4, 0.5) is 4.39 Å². The Kier molecular flexibility index (Phi) is 7.29. The summed E-state index contributed by atoms with van der Waals surface area (Å²) in [4.78, 5) is 4.81. The van der Waals surface area contributed by atoms with Crippen molar-refractivity contribution in [3.63, 3.8) is 0 Å². The quantitative estimate of drug-likeness (QED) is 0.685. The average molecular weight is 387 g/mol. The fourth-order valence-corrected chi connectivity index (χ4v) is 3.93. The molecule has 0 radical (unpaired) electrons. The fourth-order valence-electron chi connectivity index (χ4n) is 3.93. The normalized spacial score (nSPS) is 17.7. The lowest BCUT2D eigenvalue weighted by Crippen LogP contribution is -2.46. The van der Waals surface area contributed by atoms with E-state index in [4.69, 9.17) is 9.47 Å². The smallest absolute Gasteiger partial charge is 0.160 e. The summed E-state index contributed by atoms with van der Waals surface area (Å²) in [5, 5.41) is 0. The molecular weight excluding hydrogens is 355 g/mol. The molecule has 3 rings (SSSR count). The first-order valence-corrected chi connectivity index (χ1v) is 9.97. The van der Waals surface area contributed by atoms with Crippen LogP contribution >= 0.6 is 0 Å². The van der Waals surface area contributed by atoms with Crippen LogP contribution in [-0.2, 0) is 13.0 Å². The van der Waals surface area contributed by atoms with E-state index in [1.54, 1.807) is 26.4 Å². The Morgan fingerprint density at radius 1 is 1.11 bits per heavy atom. The highest BCUT2D eigenvalue weighted by atomic mass is 19.1. The van der Waals surface area contributed by atoms with E-state index in [0.29, 0.717) is 12.6 Å². The molecule has 1 atom stereocenters. The zero-order chi connectivity index (χ0) is 19.9. The first kappa shape index (κ1) is 20.6. The van der Waals surface area contributed by atoms with Crippen molar-refractivity contribution in [1.29, 1.82) is 0 Å². The number of hydrogen-bond acceptors (Lipinski definition) is 4. The second-order valence-electron chi connectivity index (χ2n) is 7.54. The van der Waals surface area contributed by atoms with Crippen molar-refractivity contribution in [1.82, 2.24) is 9.80 Å². The van der Waals surface area contributed by atoms with Gasteiger partial charge in [0.15, 0.2) is 11.5 Å². The predicted octanol–water partition coefficient (Wildman–Crippen LogP) is 3.98. The zero-order valence-corrected chi connectivity index (χ0v) is 17.2. The lowest BCUT2D eigenvalue weighted by Gasteiger charge is -2.37. The van der Waals surface area contributed by atoms with E-state index in [-0.39, 0.29) is 5.82 Å². The van der Waals surface area contributed by atoms with Crippen LogP contribution in [0.1, 0.15) is 24.0 Å². The van der Waals surface area contributed by atoms with Crippen LogP contribution in [-0.4, -0.2) is 56.7 Å². The van der Waals surface area contributed by atoms with Gasteiger partial charge >= 0.3 is 0 Å². The number of methoxy groups -OCH3 is 2. The van der Waals surface area contributed by atoms with Crippen LogP contribution in [0.3, 0.4) is 0 Å². The van der Waals surface area contributed by atoms with Gasteiger partial charge in [-0.15, -0.1) is 0 Å². The summed E-state index contributed by atoms with van der Waals surface area (Å²) in [6.07, 6.45) is 3.30. The van der Waals surface area contributed by atoms with Crippen molar-refractivity contribution in [2.45, 2.75) is 31.8 Å². The van der Waals surface area contributed by atoms with E-state index in [1.165, 1.54) is 12.0 Å². The molecular formula is C23H31FN2O2. The van der Waals surface area contributed by atoms with Gasteiger partial charge in [0.25, 0.3) is 0 Å². The van der Waals surface area contributed by atoms with Crippen LogP contribution in [0.2, 0.25) is 0 Å². The number of hydrogen-bond donors (Lipinski definition) is 0. The first-order chi connectivity index (χ1) is 13.6. The summed E-state index contributed by atoms with van der Waals surface area (Å²) in [5.41, 5.74) is 2.03. The van der Waals surface area contributed by atoms with E-state index < -0.39 is 0 Å². The van der Waals surface area contributed by atoms with E-state index >= 15 is 0 Å². The highest BCUT2D eigenvalue weighted by Crippen LogP contribution is 2.28. The van der Waals surface area contributed by atoms with Gasteiger partial charge in [-0.05, 0) is 56.6 Å². The van der Waals surface area contributed by atoms with Gasteiger partial charge in [0.1, 0.15) is 5.82 Å². The summed E-state index contributed by atoms with van der Waals surface area (Å²) in [5.74, 6) is 1.43. The Hall–Kier alpha value is -2.11. The summed E-state index contributed by atoms with van der Waals surface area (Å²) in [6.45, 7) is 3.69. The minimum absolute atomic E-state index is 0.105. The van der Waals surface area contributed by atoms with Crippen LogP contribution in [0.25, 0.3) is 0 Å². The van der Waals surface area contributed by atoms with Crippen molar-refractivity contribution < 1.29 is 13.9 Å². The SMILES string of the molecule is COc1ccc(CCN(C)[C@H]2CCCN(Cc3ccccc3F)C2)cc1OC. The molecule has 0 aromatic heterocycles. The predicted molar refractivity (Wildman–Crippen MR) is 111 cm³/mol. The first-order valence-electron chi connectivity index (χ1n) is 9.97. The number of rotatable bonds is 8. The lowest BCUT2D eigenvalue weighted by molar-refractivity contribution is 0.111. The van der Waals surface area contributed by atoms with Crippen molar-refractivity contribution in [2.75, 3.05) is 40.9 Å². The molecule has 2 aromatic rings. The molecule has 28 heavy (non-hydrogen) atoms. The van der Waals surface area contributed by atoms with E-state index in [1.807, 2.05) is 18.2 Å². The third kappa shape index (κ3) is 5.24. The molecule has 4 nitrogen and oxygen atoms in total. The number of halogens is 1. The number of nitrogens with zero attached hydrogens (tertiary/aromatic N) is 2. The van der Waals surface area contributed by atoms with Gasteiger partial charge < -0.3 is 14.4 Å². The molecule has 1 saturated heterocycles. The van der Waals surface area contributed by atoms with E-state index in [2.05, 4.69) is 29.0 Å². The largest absolute Gasteiger partial charge is 0.493 e. The number of ether oxygens (including phenoxy) is 2. The Labute approximate surface area is 167 Å². The summed E-state index contributed by atoms with van der Waals surface area (Å²) < 4.78 is 24.7. The van der Waals surface area contributed by atoms with Crippen LogP contribution in [0, 0.1) is 5.82 Å². The Bertz CT molecular complexity index is 768. The maximum atomic E-state index is 14.0. The molecule has 0 amide bonds. The topological polar surface area (TPSA) is 24.9 Å². The number of benzene rings is 2.